The van der Waals surface area contributed by atoms with Crippen LogP contribution in [0, 0.1) is 6.92 Å². The van der Waals surface area contributed by atoms with Gasteiger partial charge in [-0.25, -0.2) is 9.97 Å². The molecule has 0 fully saturated rings. The van der Waals surface area contributed by atoms with Gasteiger partial charge in [0.1, 0.15) is 0 Å². The van der Waals surface area contributed by atoms with Crippen LogP contribution in [0.4, 0.5) is 0 Å². The van der Waals surface area contributed by atoms with E-state index < -0.39 is 0 Å². The van der Waals surface area contributed by atoms with E-state index in [1.807, 2.05) is 25.3 Å². The van der Waals surface area contributed by atoms with Gasteiger partial charge in [-0.05, 0) is 42.6 Å². The van der Waals surface area contributed by atoms with Gasteiger partial charge in [0.15, 0.2) is 0 Å². The standard InChI is InChI=1S/C13H14ClN3/c1-3-10-4-5-11(15-8-10)7-12-6-9(2)16-13(14)17-12/h4-6,8H,3,7H2,1-2H3. The van der Waals surface area contributed by atoms with Crippen molar-refractivity contribution in [2.45, 2.75) is 26.7 Å². The monoisotopic (exact) mass is 247 g/mol. The second-order valence-electron chi connectivity index (χ2n) is 3.96. The minimum Gasteiger partial charge on any atom is -0.261 e. The Labute approximate surface area is 106 Å². The van der Waals surface area contributed by atoms with E-state index in [1.54, 1.807) is 0 Å². The van der Waals surface area contributed by atoms with Crippen molar-refractivity contribution in [1.82, 2.24) is 15.0 Å². The minimum absolute atomic E-state index is 0.296. The lowest BCUT2D eigenvalue weighted by molar-refractivity contribution is 0.959. The van der Waals surface area contributed by atoms with Gasteiger partial charge in [0.2, 0.25) is 5.28 Å². The van der Waals surface area contributed by atoms with Crippen LogP contribution in [0.25, 0.3) is 0 Å². The molecule has 3 nitrogen and oxygen atoms in total. The first-order valence-electron chi connectivity index (χ1n) is 5.61. The number of hydrogen-bond acceptors (Lipinski definition) is 3. The first-order chi connectivity index (χ1) is 8.17. The second-order valence-corrected chi connectivity index (χ2v) is 4.30. The van der Waals surface area contributed by atoms with Crippen LogP contribution in [0.15, 0.2) is 24.4 Å². The zero-order chi connectivity index (χ0) is 12.3. The molecule has 0 aromatic carbocycles. The van der Waals surface area contributed by atoms with Crippen LogP contribution in [0.5, 0.6) is 0 Å². The molecule has 0 aliphatic rings. The molecular formula is C13H14ClN3. The molecule has 0 amide bonds. The Morgan fingerprint density at radius 3 is 2.59 bits per heavy atom. The Morgan fingerprint density at radius 2 is 2.00 bits per heavy atom. The molecule has 0 bridgehead atoms. The Morgan fingerprint density at radius 1 is 1.18 bits per heavy atom. The topological polar surface area (TPSA) is 38.7 Å². The SMILES string of the molecule is CCc1ccc(Cc2cc(C)nc(Cl)n2)nc1. The fraction of sp³-hybridized carbons (Fsp3) is 0.308. The predicted octanol–water partition coefficient (Wildman–Crippen LogP) is 2.99. The largest absolute Gasteiger partial charge is 0.261 e. The van der Waals surface area contributed by atoms with Gasteiger partial charge >= 0.3 is 0 Å². The average Bonchev–Trinajstić information content (AvgIpc) is 2.28. The molecule has 0 saturated heterocycles. The van der Waals surface area contributed by atoms with Crippen molar-refractivity contribution < 1.29 is 0 Å². The number of aromatic nitrogens is 3. The fourth-order valence-electron chi connectivity index (χ4n) is 1.64. The van der Waals surface area contributed by atoms with Crippen molar-refractivity contribution in [3.8, 4) is 0 Å². The molecule has 88 valence electrons. The zero-order valence-corrected chi connectivity index (χ0v) is 10.7. The highest BCUT2D eigenvalue weighted by atomic mass is 35.5. The van der Waals surface area contributed by atoms with E-state index in [1.165, 1.54) is 5.56 Å². The van der Waals surface area contributed by atoms with Crippen molar-refractivity contribution in [3.63, 3.8) is 0 Å². The fourth-order valence-corrected chi connectivity index (χ4v) is 1.88. The van der Waals surface area contributed by atoms with Gasteiger partial charge in [0, 0.05) is 24.0 Å². The van der Waals surface area contributed by atoms with Crippen molar-refractivity contribution in [2.75, 3.05) is 0 Å². The highest BCUT2D eigenvalue weighted by Crippen LogP contribution is 2.10. The number of hydrogen-bond donors (Lipinski definition) is 0. The smallest absolute Gasteiger partial charge is 0.222 e. The molecule has 0 N–H and O–H groups in total. The van der Waals surface area contributed by atoms with Crippen molar-refractivity contribution >= 4 is 11.6 Å². The molecule has 0 atom stereocenters. The van der Waals surface area contributed by atoms with Gasteiger partial charge in [-0.2, -0.15) is 0 Å². The maximum atomic E-state index is 5.82. The van der Waals surface area contributed by atoms with Gasteiger partial charge in [0.05, 0.1) is 5.69 Å². The molecule has 17 heavy (non-hydrogen) atoms. The van der Waals surface area contributed by atoms with Crippen molar-refractivity contribution in [1.29, 1.82) is 0 Å². The molecule has 0 radical (unpaired) electrons. The molecule has 0 unspecified atom stereocenters. The first kappa shape index (κ1) is 12.0. The van der Waals surface area contributed by atoms with E-state index in [9.17, 15) is 0 Å². The normalized spacial score (nSPS) is 10.5. The van der Waals surface area contributed by atoms with E-state index in [0.29, 0.717) is 11.7 Å². The summed E-state index contributed by atoms with van der Waals surface area (Å²) in [6.07, 6.45) is 3.60. The molecule has 2 aromatic heterocycles. The lowest BCUT2D eigenvalue weighted by atomic mass is 10.1. The molecule has 2 heterocycles. The van der Waals surface area contributed by atoms with E-state index in [-0.39, 0.29) is 0 Å². The van der Waals surface area contributed by atoms with Crippen molar-refractivity contribution in [3.05, 3.63) is 52.3 Å². The van der Waals surface area contributed by atoms with Crippen LogP contribution in [0.3, 0.4) is 0 Å². The Balaban J connectivity index is 2.19. The van der Waals surface area contributed by atoms with Gasteiger partial charge in [0.25, 0.3) is 0 Å². The van der Waals surface area contributed by atoms with Gasteiger partial charge in [-0.15, -0.1) is 0 Å². The van der Waals surface area contributed by atoms with Crippen LogP contribution in [0.1, 0.15) is 29.6 Å². The lowest BCUT2D eigenvalue weighted by Gasteiger charge is -2.03. The minimum atomic E-state index is 0.296. The molecule has 4 heteroatoms. The quantitative estimate of drug-likeness (QED) is 0.783. The Kier molecular flexibility index (Phi) is 3.69. The van der Waals surface area contributed by atoms with E-state index in [0.717, 1.165) is 23.5 Å². The van der Waals surface area contributed by atoms with Gasteiger partial charge in [-0.1, -0.05) is 13.0 Å². The van der Waals surface area contributed by atoms with E-state index >= 15 is 0 Å². The molecule has 0 spiro atoms. The summed E-state index contributed by atoms with van der Waals surface area (Å²) in [7, 11) is 0. The third kappa shape index (κ3) is 3.24. The summed E-state index contributed by atoms with van der Waals surface area (Å²) in [4.78, 5) is 12.6. The summed E-state index contributed by atoms with van der Waals surface area (Å²) in [5.74, 6) is 0. The Bertz CT molecular complexity index is 488. The highest BCUT2D eigenvalue weighted by Gasteiger charge is 2.03. The zero-order valence-electron chi connectivity index (χ0n) is 9.94. The van der Waals surface area contributed by atoms with Crippen LogP contribution in [0.2, 0.25) is 5.28 Å². The van der Waals surface area contributed by atoms with E-state index in [4.69, 9.17) is 11.6 Å². The number of halogens is 1. The second kappa shape index (κ2) is 5.23. The summed E-state index contributed by atoms with van der Waals surface area (Å²) >= 11 is 5.82. The van der Waals surface area contributed by atoms with Crippen LogP contribution in [-0.4, -0.2) is 15.0 Å². The maximum absolute atomic E-state index is 5.82. The molecular weight excluding hydrogens is 234 g/mol. The van der Waals surface area contributed by atoms with Gasteiger partial charge in [-0.3, -0.25) is 4.98 Å². The number of nitrogens with zero attached hydrogens (tertiary/aromatic N) is 3. The molecule has 0 aliphatic heterocycles. The van der Waals surface area contributed by atoms with Crippen LogP contribution < -0.4 is 0 Å². The van der Waals surface area contributed by atoms with Crippen molar-refractivity contribution in [2.24, 2.45) is 0 Å². The number of pyridine rings is 1. The summed E-state index contributed by atoms with van der Waals surface area (Å²) in [5.41, 5.74) is 4.02. The summed E-state index contributed by atoms with van der Waals surface area (Å²) in [5, 5.41) is 0.296. The maximum Gasteiger partial charge on any atom is 0.222 e. The lowest BCUT2D eigenvalue weighted by Crippen LogP contribution is -1.98. The summed E-state index contributed by atoms with van der Waals surface area (Å²) in [6, 6.07) is 6.06. The molecule has 0 saturated carbocycles. The highest BCUT2D eigenvalue weighted by molar-refractivity contribution is 6.28. The predicted molar refractivity (Wildman–Crippen MR) is 68.2 cm³/mol. The first-order valence-corrected chi connectivity index (χ1v) is 5.99. The average molecular weight is 248 g/mol. The molecule has 2 rings (SSSR count). The van der Waals surface area contributed by atoms with Crippen LogP contribution >= 0.6 is 11.6 Å². The Hall–Kier alpha value is -1.48. The summed E-state index contributed by atoms with van der Waals surface area (Å²) in [6.45, 7) is 4.02. The third-order valence-corrected chi connectivity index (χ3v) is 2.71. The number of aryl methyl sites for hydroxylation is 2. The third-order valence-electron chi connectivity index (χ3n) is 2.54. The van der Waals surface area contributed by atoms with E-state index in [2.05, 4.69) is 27.9 Å². The molecule has 2 aromatic rings. The molecule has 0 aliphatic carbocycles. The van der Waals surface area contributed by atoms with Gasteiger partial charge < -0.3 is 0 Å². The number of rotatable bonds is 3. The summed E-state index contributed by atoms with van der Waals surface area (Å²) < 4.78 is 0. The van der Waals surface area contributed by atoms with Crippen LogP contribution in [-0.2, 0) is 12.8 Å².